The van der Waals surface area contributed by atoms with Crippen LogP contribution >= 0.6 is 0 Å². The van der Waals surface area contributed by atoms with Gasteiger partial charge in [0.25, 0.3) is 0 Å². The maximum Gasteiger partial charge on any atom is 0.250 e. The van der Waals surface area contributed by atoms with E-state index in [1.807, 2.05) is 32.0 Å². The minimum Gasteiger partial charge on any atom is -0.497 e. The number of hydrogen-bond donors (Lipinski definition) is 3. The van der Waals surface area contributed by atoms with Crippen LogP contribution in [0.4, 0.5) is 11.4 Å². The minimum atomic E-state index is -1.16. The zero-order valence-corrected chi connectivity index (χ0v) is 21.3. The van der Waals surface area contributed by atoms with E-state index in [-0.39, 0.29) is 18.4 Å². The summed E-state index contributed by atoms with van der Waals surface area (Å²) in [4.78, 5) is 43.0. The fourth-order valence-corrected chi connectivity index (χ4v) is 6.50. The third kappa shape index (κ3) is 3.97. The zero-order chi connectivity index (χ0) is 26.4. The Kier molecular flexibility index (Phi) is 6.45. The molecule has 3 N–H and O–H groups in total. The van der Waals surface area contributed by atoms with E-state index < -0.39 is 41.0 Å². The highest BCUT2D eigenvalue weighted by Gasteiger charge is 2.78. The zero-order valence-electron chi connectivity index (χ0n) is 21.3. The highest BCUT2D eigenvalue weighted by atomic mass is 16.5. The summed E-state index contributed by atoms with van der Waals surface area (Å²) in [6.45, 7) is 3.42. The van der Waals surface area contributed by atoms with Crippen molar-refractivity contribution in [2.24, 2.45) is 11.8 Å². The lowest BCUT2D eigenvalue weighted by Crippen LogP contribution is -2.56. The van der Waals surface area contributed by atoms with Gasteiger partial charge in [-0.15, -0.1) is 0 Å². The molecule has 5 rings (SSSR count). The Morgan fingerprint density at radius 1 is 1.08 bits per heavy atom. The standard InChI is InChI=1S/C28H33N3O6/c1-4-19(16-32)31-23(25(34)30-18-10-12-20(36-3)13-11-18)28-15-14-27(2,37-28)21(22(28)26(31)35)24(33)29-17-8-6-5-7-9-17/h5-13,19,21-23,32H,4,14-16H2,1-3H3,(H,29,33)(H,30,34)/t19-,21+,22-,23?,27-,28?/m0/s1. The predicted molar refractivity (Wildman–Crippen MR) is 137 cm³/mol. The molecule has 0 radical (unpaired) electrons. The average Bonchev–Trinajstić information content (AvgIpc) is 3.47. The lowest BCUT2D eigenvalue weighted by atomic mass is 9.66. The van der Waals surface area contributed by atoms with Crippen molar-refractivity contribution in [3.05, 3.63) is 54.6 Å². The number of amides is 3. The first-order chi connectivity index (χ1) is 17.8. The summed E-state index contributed by atoms with van der Waals surface area (Å²) < 4.78 is 11.8. The molecule has 2 bridgehead atoms. The second kappa shape index (κ2) is 9.46. The Labute approximate surface area is 216 Å². The van der Waals surface area contributed by atoms with Crippen molar-refractivity contribution in [2.45, 2.75) is 56.4 Å². The van der Waals surface area contributed by atoms with E-state index in [2.05, 4.69) is 10.6 Å². The number of nitrogens with zero attached hydrogens (tertiary/aromatic N) is 1. The number of likely N-dealkylation sites (tertiary alicyclic amines) is 1. The quantitative estimate of drug-likeness (QED) is 0.506. The lowest BCUT2D eigenvalue weighted by molar-refractivity contribution is -0.146. The second-order valence-electron chi connectivity index (χ2n) is 10.3. The molecule has 1 spiro atoms. The Morgan fingerprint density at radius 2 is 1.73 bits per heavy atom. The third-order valence-corrected chi connectivity index (χ3v) is 8.22. The van der Waals surface area contributed by atoms with Gasteiger partial charge in [0.2, 0.25) is 17.7 Å². The van der Waals surface area contributed by atoms with Crippen LogP contribution < -0.4 is 15.4 Å². The van der Waals surface area contributed by atoms with Crippen LogP contribution in [0.3, 0.4) is 0 Å². The van der Waals surface area contributed by atoms with E-state index in [0.29, 0.717) is 36.4 Å². The van der Waals surface area contributed by atoms with Gasteiger partial charge in [0.05, 0.1) is 37.2 Å². The minimum absolute atomic E-state index is 0.296. The van der Waals surface area contributed by atoms with Crippen molar-refractivity contribution in [1.82, 2.24) is 4.90 Å². The summed E-state index contributed by atoms with van der Waals surface area (Å²) in [5.41, 5.74) is -0.868. The number of ether oxygens (including phenoxy) is 2. The highest BCUT2D eigenvalue weighted by molar-refractivity contribution is 6.05. The van der Waals surface area contributed by atoms with Crippen LogP contribution in [0.5, 0.6) is 5.75 Å². The molecule has 9 nitrogen and oxygen atoms in total. The van der Waals surface area contributed by atoms with Gasteiger partial charge in [-0.3, -0.25) is 14.4 Å². The summed E-state index contributed by atoms with van der Waals surface area (Å²) in [6.07, 6.45) is 1.46. The fraction of sp³-hybridized carbons (Fsp3) is 0.464. The Bertz CT molecular complexity index is 1180. The number of para-hydroxylation sites is 1. The SMILES string of the molecule is CC[C@@H](CO)N1C(=O)[C@@H]2[C@H](C(=O)Nc3ccccc3)[C@]3(C)CCC2(O3)C1C(=O)Nc1ccc(OC)cc1. The predicted octanol–water partition coefficient (Wildman–Crippen LogP) is 2.81. The Hall–Kier alpha value is -3.43. The van der Waals surface area contributed by atoms with E-state index >= 15 is 0 Å². The van der Waals surface area contributed by atoms with Gasteiger partial charge in [0.15, 0.2) is 0 Å². The van der Waals surface area contributed by atoms with Gasteiger partial charge in [-0.05, 0) is 62.6 Å². The maximum absolute atomic E-state index is 14.0. The van der Waals surface area contributed by atoms with Crippen molar-refractivity contribution < 1.29 is 29.0 Å². The third-order valence-electron chi connectivity index (χ3n) is 8.22. The second-order valence-corrected chi connectivity index (χ2v) is 10.3. The Balaban J connectivity index is 1.51. The molecule has 6 atom stereocenters. The molecular weight excluding hydrogens is 474 g/mol. The number of nitrogens with one attached hydrogen (secondary N) is 2. The molecule has 3 heterocycles. The normalized spacial score (nSPS) is 30.6. The van der Waals surface area contributed by atoms with Crippen molar-refractivity contribution in [3.63, 3.8) is 0 Å². The van der Waals surface area contributed by atoms with Crippen LogP contribution in [-0.4, -0.2) is 64.7 Å². The summed E-state index contributed by atoms with van der Waals surface area (Å²) in [7, 11) is 1.56. The van der Waals surface area contributed by atoms with Gasteiger partial charge >= 0.3 is 0 Å². The maximum atomic E-state index is 14.0. The van der Waals surface area contributed by atoms with Crippen molar-refractivity contribution in [2.75, 3.05) is 24.4 Å². The first-order valence-electron chi connectivity index (χ1n) is 12.7. The Morgan fingerprint density at radius 3 is 2.35 bits per heavy atom. The lowest BCUT2D eigenvalue weighted by Gasteiger charge is -2.36. The molecule has 37 heavy (non-hydrogen) atoms. The number of methoxy groups -OCH3 is 1. The van der Waals surface area contributed by atoms with Crippen molar-refractivity contribution >= 4 is 29.1 Å². The molecule has 3 fully saturated rings. The van der Waals surface area contributed by atoms with Crippen LogP contribution in [-0.2, 0) is 19.1 Å². The van der Waals surface area contributed by atoms with Gasteiger partial charge in [-0.2, -0.15) is 0 Å². The number of benzene rings is 2. The van der Waals surface area contributed by atoms with Crippen LogP contribution in [0.15, 0.2) is 54.6 Å². The molecule has 2 unspecified atom stereocenters. The van der Waals surface area contributed by atoms with Crippen LogP contribution in [0, 0.1) is 11.8 Å². The van der Waals surface area contributed by atoms with Crippen LogP contribution in [0.2, 0.25) is 0 Å². The van der Waals surface area contributed by atoms with Gasteiger partial charge in [-0.1, -0.05) is 25.1 Å². The molecule has 3 saturated heterocycles. The summed E-state index contributed by atoms with van der Waals surface area (Å²) in [6, 6.07) is 14.4. The van der Waals surface area contributed by atoms with E-state index in [1.165, 1.54) is 4.90 Å². The molecular formula is C28H33N3O6. The summed E-state index contributed by atoms with van der Waals surface area (Å²) in [5.74, 6) is -1.98. The van der Waals surface area contributed by atoms with Crippen LogP contribution in [0.25, 0.3) is 0 Å². The first kappa shape index (κ1) is 25.2. The fourth-order valence-electron chi connectivity index (χ4n) is 6.50. The summed E-state index contributed by atoms with van der Waals surface area (Å²) >= 11 is 0. The number of hydrogen-bond acceptors (Lipinski definition) is 6. The average molecular weight is 508 g/mol. The number of anilines is 2. The highest BCUT2D eigenvalue weighted by Crippen LogP contribution is 2.63. The number of aliphatic hydroxyl groups is 1. The molecule has 2 aromatic rings. The van der Waals surface area contributed by atoms with E-state index in [9.17, 15) is 19.5 Å². The van der Waals surface area contributed by atoms with Gasteiger partial charge in [0, 0.05) is 11.4 Å². The molecule has 196 valence electrons. The molecule has 3 amide bonds. The number of aliphatic hydroxyl groups excluding tert-OH is 1. The number of carbonyl (C=O) groups excluding carboxylic acids is 3. The monoisotopic (exact) mass is 507 g/mol. The number of carbonyl (C=O) groups is 3. The number of rotatable bonds is 8. The molecule has 9 heteroatoms. The molecule has 0 saturated carbocycles. The van der Waals surface area contributed by atoms with Crippen molar-refractivity contribution in [3.8, 4) is 5.75 Å². The van der Waals surface area contributed by atoms with Crippen LogP contribution in [0.1, 0.15) is 33.1 Å². The topological polar surface area (TPSA) is 117 Å². The van der Waals surface area contributed by atoms with Gasteiger partial charge in [0.1, 0.15) is 17.4 Å². The van der Waals surface area contributed by atoms with Gasteiger partial charge < -0.3 is 30.1 Å². The van der Waals surface area contributed by atoms with Crippen molar-refractivity contribution in [1.29, 1.82) is 0 Å². The van der Waals surface area contributed by atoms with E-state index in [4.69, 9.17) is 9.47 Å². The molecule has 2 aromatic carbocycles. The smallest absolute Gasteiger partial charge is 0.250 e. The first-order valence-corrected chi connectivity index (χ1v) is 12.7. The molecule has 0 aliphatic carbocycles. The molecule has 0 aromatic heterocycles. The van der Waals surface area contributed by atoms with E-state index in [0.717, 1.165) is 0 Å². The summed E-state index contributed by atoms with van der Waals surface area (Å²) in [5, 5.41) is 16.0. The van der Waals surface area contributed by atoms with Gasteiger partial charge in [-0.25, -0.2) is 0 Å². The molecule has 3 aliphatic heterocycles. The number of fused-ring (bicyclic) bond motifs is 1. The van der Waals surface area contributed by atoms with E-state index in [1.54, 1.807) is 43.5 Å². The largest absolute Gasteiger partial charge is 0.497 e. The molecule has 3 aliphatic rings.